The van der Waals surface area contributed by atoms with Crippen molar-refractivity contribution in [3.05, 3.63) is 344 Å². The molecule has 0 atom stereocenters. The largest absolute Gasteiger partial charge is 0.309 e. The second-order valence-corrected chi connectivity index (χ2v) is 21.1. The molecular weight excluding hydrogens is 963 g/mol. The number of hydrogen-bond acceptors (Lipinski definition) is 1. The summed E-state index contributed by atoms with van der Waals surface area (Å²) < 4.78 is 0. The Morgan fingerprint density at radius 3 is 1.16 bits per heavy atom. The minimum Gasteiger partial charge on any atom is -0.309 e. The van der Waals surface area contributed by atoms with E-state index in [0.717, 1.165) is 28.2 Å². The number of nitrogens with zero attached hydrogens (tertiary/aromatic N) is 1. The predicted molar refractivity (Wildman–Crippen MR) is 338 cm³/mol. The van der Waals surface area contributed by atoms with Gasteiger partial charge >= 0.3 is 0 Å². The van der Waals surface area contributed by atoms with Crippen LogP contribution < -0.4 is 4.90 Å². The fourth-order valence-corrected chi connectivity index (χ4v) is 13.0. The van der Waals surface area contributed by atoms with Crippen LogP contribution in [0.25, 0.3) is 99.1 Å². The van der Waals surface area contributed by atoms with Gasteiger partial charge in [0.05, 0.1) is 11.1 Å². The van der Waals surface area contributed by atoms with Crippen molar-refractivity contribution in [3.63, 3.8) is 0 Å². The summed E-state index contributed by atoms with van der Waals surface area (Å²) in [7, 11) is 0. The third-order valence-corrected chi connectivity index (χ3v) is 16.7. The smallest absolute Gasteiger partial charge is 0.0714 e. The van der Waals surface area contributed by atoms with Gasteiger partial charge in [0.1, 0.15) is 0 Å². The molecule has 0 radical (unpaired) electrons. The van der Waals surface area contributed by atoms with Gasteiger partial charge in [0.25, 0.3) is 0 Å². The van der Waals surface area contributed by atoms with Crippen LogP contribution in [0.2, 0.25) is 0 Å². The Morgan fingerprint density at radius 1 is 0.225 bits per heavy atom. The fraction of sp³-hybridized carbons (Fsp3) is 0.0127. The molecule has 0 amide bonds. The van der Waals surface area contributed by atoms with Crippen molar-refractivity contribution in [2.45, 2.75) is 5.41 Å². The lowest BCUT2D eigenvalue weighted by Crippen LogP contribution is -2.28. The van der Waals surface area contributed by atoms with Gasteiger partial charge in [-0.1, -0.05) is 285 Å². The van der Waals surface area contributed by atoms with Crippen LogP contribution >= 0.6 is 0 Å². The molecule has 0 saturated carbocycles. The van der Waals surface area contributed by atoms with E-state index in [1.165, 1.54) is 110 Å². The first kappa shape index (κ1) is 46.9. The van der Waals surface area contributed by atoms with Crippen molar-refractivity contribution in [2.75, 3.05) is 4.90 Å². The summed E-state index contributed by atoms with van der Waals surface area (Å²) in [6.45, 7) is 0. The first-order valence-electron chi connectivity index (χ1n) is 27.7. The third kappa shape index (κ3) is 7.85. The van der Waals surface area contributed by atoms with Crippen LogP contribution in [-0.4, -0.2) is 0 Å². The number of hydrogen-bond donors (Lipinski definition) is 0. The highest BCUT2D eigenvalue weighted by molar-refractivity contribution is 6.23. The third-order valence-electron chi connectivity index (χ3n) is 16.7. The van der Waals surface area contributed by atoms with Gasteiger partial charge in [0.15, 0.2) is 0 Å². The summed E-state index contributed by atoms with van der Waals surface area (Å²) >= 11 is 0. The van der Waals surface area contributed by atoms with Crippen LogP contribution in [0.4, 0.5) is 17.1 Å². The standard InChI is InChI=1S/C79H53N/c1-5-19-54(20-6-1)56-33-35-57(36-34-56)58-37-39-59(40-38-58)60-45-47-67(48-46-60)80(68-49-50-72-71-29-17-18-32-75(71)79(76(72)53-68,65-23-9-3-10-24-65)66-25-11-4-12-26-66)78-74-31-16-14-28-70(74)69-27-13-15-30-73(69)77(78)64-44-43-62-51-61(41-42-63(62)52-64)55-21-7-2-8-22-55/h1-53H. The zero-order valence-corrected chi connectivity index (χ0v) is 44.0. The summed E-state index contributed by atoms with van der Waals surface area (Å²) in [6.07, 6.45) is 0. The van der Waals surface area contributed by atoms with Gasteiger partial charge in [-0.3, -0.25) is 0 Å². The first-order chi connectivity index (χ1) is 39.7. The van der Waals surface area contributed by atoms with Gasteiger partial charge in [0, 0.05) is 22.3 Å². The molecule has 1 aliphatic carbocycles. The highest BCUT2D eigenvalue weighted by Crippen LogP contribution is 2.58. The average Bonchev–Trinajstić information content (AvgIpc) is 4.06. The van der Waals surface area contributed by atoms with Crippen molar-refractivity contribution >= 4 is 49.4 Å². The molecular formula is C79H53N. The highest BCUT2D eigenvalue weighted by atomic mass is 15.1. The van der Waals surface area contributed by atoms with Crippen molar-refractivity contribution in [1.82, 2.24) is 0 Å². The molecule has 1 heteroatoms. The Kier molecular flexibility index (Phi) is 11.5. The molecule has 0 aliphatic heterocycles. The highest BCUT2D eigenvalue weighted by Gasteiger charge is 2.46. The lowest BCUT2D eigenvalue weighted by atomic mass is 9.67. The van der Waals surface area contributed by atoms with E-state index in [2.05, 4.69) is 326 Å². The van der Waals surface area contributed by atoms with Crippen molar-refractivity contribution in [3.8, 4) is 66.8 Å². The van der Waals surface area contributed by atoms with Crippen LogP contribution in [-0.2, 0) is 5.41 Å². The summed E-state index contributed by atoms with van der Waals surface area (Å²) in [5, 5.41) is 7.22. The molecule has 1 nitrogen and oxygen atoms in total. The van der Waals surface area contributed by atoms with E-state index >= 15 is 0 Å². The van der Waals surface area contributed by atoms with Crippen LogP contribution in [0.3, 0.4) is 0 Å². The van der Waals surface area contributed by atoms with Gasteiger partial charge in [0.2, 0.25) is 0 Å². The molecule has 0 aromatic heterocycles. The molecule has 15 rings (SSSR count). The monoisotopic (exact) mass is 1020 g/mol. The zero-order chi connectivity index (χ0) is 53.0. The quantitative estimate of drug-likeness (QED) is 0.123. The Hall–Kier alpha value is -10.3. The molecule has 80 heavy (non-hydrogen) atoms. The summed E-state index contributed by atoms with van der Waals surface area (Å²) in [6, 6.07) is 119. The first-order valence-corrected chi connectivity index (χ1v) is 27.7. The summed E-state index contributed by atoms with van der Waals surface area (Å²) in [5.74, 6) is 0. The van der Waals surface area contributed by atoms with E-state index in [1.807, 2.05) is 0 Å². The molecule has 0 fully saturated rings. The molecule has 0 N–H and O–H groups in total. The van der Waals surface area contributed by atoms with Gasteiger partial charge in [-0.25, -0.2) is 0 Å². The van der Waals surface area contributed by atoms with E-state index < -0.39 is 5.41 Å². The van der Waals surface area contributed by atoms with E-state index in [-0.39, 0.29) is 0 Å². The van der Waals surface area contributed by atoms with Crippen molar-refractivity contribution in [1.29, 1.82) is 0 Å². The molecule has 14 aromatic rings. The zero-order valence-electron chi connectivity index (χ0n) is 44.0. The van der Waals surface area contributed by atoms with Crippen molar-refractivity contribution in [2.24, 2.45) is 0 Å². The van der Waals surface area contributed by atoms with E-state index in [4.69, 9.17) is 0 Å². The molecule has 0 heterocycles. The lowest BCUT2D eigenvalue weighted by molar-refractivity contribution is 0.768. The number of anilines is 3. The minimum absolute atomic E-state index is 0.582. The van der Waals surface area contributed by atoms with Gasteiger partial charge in [-0.15, -0.1) is 0 Å². The summed E-state index contributed by atoms with van der Waals surface area (Å²) in [5.41, 5.74) is 22.2. The summed E-state index contributed by atoms with van der Waals surface area (Å²) in [4.78, 5) is 2.56. The topological polar surface area (TPSA) is 3.24 Å². The molecule has 0 saturated heterocycles. The van der Waals surface area contributed by atoms with Crippen LogP contribution in [0, 0.1) is 0 Å². The van der Waals surface area contributed by atoms with Crippen LogP contribution in [0.15, 0.2) is 322 Å². The van der Waals surface area contributed by atoms with Crippen LogP contribution in [0.5, 0.6) is 0 Å². The van der Waals surface area contributed by atoms with Crippen LogP contribution in [0.1, 0.15) is 22.3 Å². The SMILES string of the molecule is c1ccc(-c2ccc(-c3ccc(-c4ccc(N(c5ccc6c(c5)C(c5ccccc5)(c5ccccc5)c5ccccc5-6)c5c(-c6ccc7cc(-c8ccccc8)ccc7c6)c6ccccc6c6ccccc56)cc4)cc3)cc2)cc1. The Morgan fingerprint density at radius 2 is 0.600 bits per heavy atom. The molecule has 0 spiro atoms. The Labute approximate surface area is 467 Å². The molecule has 0 bridgehead atoms. The minimum atomic E-state index is -0.582. The number of rotatable bonds is 10. The normalized spacial score (nSPS) is 12.3. The number of fused-ring (bicyclic) bond motifs is 7. The van der Waals surface area contributed by atoms with E-state index in [9.17, 15) is 0 Å². The molecule has 14 aromatic carbocycles. The maximum Gasteiger partial charge on any atom is 0.0714 e. The second-order valence-electron chi connectivity index (χ2n) is 21.1. The average molecular weight is 1020 g/mol. The van der Waals surface area contributed by atoms with E-state index in [1.54, 1.807) is 0 Å². The fourth-order valence-electron chi connectivity index (χ4n) is 13.0. The van der Waals surface area contributed by atoms with Crippen molar-refractivity contribution < 1.29 is 0 Å². The van der Waals surface area contributed by atoms with E-state index in [0.29, 0.717) is 0 Å². The molecule has 0 unspecified atom stereocenters. The Balaban J connectivity index is 0.943. The lowest BCUT2D eigenvalue weighted by Gasteiger charge is -2.35. The second kappa shape index (κ2) is 19.6. The van der Waals surface area contributed by atoms with Gasteiger partial charge in [-0.2, -0.15) is 0 Å². The predicted octanol–water partition coefficient (Wildman–Crippen LogP) is 21.3. The Bertz CT molecular complexity index is 4550. The molecule has 374 valence electrons. The number of benzene rings is 14. The maximum atomic E-state index is 2.56. The molecule has 1 aliphatic rings. The van der Waals surface area contributed by atoms with Gasteiger partial charge < -0.3 is 4.90 Å². The maximum absolute atomic E-state index is 2.56. The van der Waals surface area contributed by atoms with Gasteiger partial charge in [-0.05, 0) is 147 Å².